The molecule has 32 heavy (non-hydrogen) atoms. The third-order valence-corrected chi connectivity index (χ3v) is 5.53. The van der Waals surface area contributed by atoms with Crippen molar-refractivity contribution in [1.29, 1.82) is 0 Å². The number of rotatable bonds is 7. The van der Waals surface area contributed by atoms with Gasteiger partial charge in [-0.25, -0.2) is 4.79 Å². The van der Waals surface area contributed by atoms with Crippen molar-refractivity contribution in [3.63, 3.8) is 0 Å². The van der Waals surface area contributed by atoms with Gasteiger partial charge in [-0.15, -0.1) is 10.2 Å². The Hall–Kier alpha value is -4.03. The summed E-state index contributed by atoms with van der Waals surface area (Å²) < 4.78 is 0. The zero-order chi connectivity index (χ0) is 22.7. The van der Waals surface area contributed by atoms with Crippen LogP contribution >= 0.6 is 0 Å². The highest BCUT2D eigenvalue weighted by molar-refractivity contribution is 6.01. The Morgan fingerprint density at radius 2 is 2.03 bits per heavy atom. The topological polar surface area (TPSA) is 182 Å². The highest BCUT2D eigenvalue weighted by Crippen LogP contribution is 2.27. The van der Waals surface area contributed by atoms with Crippen molar-refractivity contribution in [3.05, 3.63) is 35.2 Å². The second-order valence-corrected chi connectivity index (χ2v) is 7.59. The minimum atomic E-state index is -1.14. The molecule has 3 amide bonds. The number of benzene rings is 1. The molecule has 13 nitrogen and oxygen atoms in total. The Morgan fingerprint density at radius 1 is 1.19 bits per heavy atom. The monoisotopic (exact) mass is 442 g/mol. The number of carbonyl (C=O) groups excluding carboxylic acids is 3. The standard InChI is InChI=1S/C19H22N8O5/c28-15(8-20-18(30)14-2-1-5-27(14)19(31)32)10-3-4-12-11(6-10)7-13(22-12)17(29)21-9-16-23-25-26-24-16/h3-4,6,13-14,22H,1-2,5,7-9H2,(H,20,30)(H,21,29)(H,31,32)(H,23,24,25,26). The zero-order valence-electron chi connectivity index (χ0n) is 17.0. The molecule has 0 spiro atoms. The van der Waals surface area contributed by atoms with Gasteiger partial charge in [0.2, 0.25) is 11.8 Å². The molecule has 0 bridgehead atoms. The summed E-state index contributed by atoms with van der Waals surface area (Å²) in [5, 5.41) is 30.8. The van der Waals surface area contributed by atoms with E-state index in [2.05, 4.69) is 36.6 Å². The molecule has 2 unspecified atom stereocenters. The predicted molar refractivity (Wildman–Crippen MR) is 109 cm³/mol. The molecule has 2 atom stereocenters. The summed E-state index contributed by atoms with van der Waals surface area (Å²) in [5.74, 6) is -0.635. The molecule has 1 aromatic carbocycles. The molecular formula is C19H22N8O5. The molecule has 13 heteroatoms. The molecule has 4 rings (SSSR count). The molecule has 3 heterocycles. The highest BCUT2D eigenvalue weighted by Gasteiger charge is 2.34. The van der Waals surface area contributed by atoms with E-state index >= 15 is 0 Å². The van der Waals surface area contributed by atoms with Crippen molar-refractivity contribution in [1.82, 2.24) is 36.2 Å². The van der Waals surface area contributed by atoms with E-state index < -0.39 is 24.1 Å². The normalized spacial score (nSPS) is 19.2. The van der Waals surface area contributed by atoms with Crippen molar-refractivity contribution < 1.29 is 24.3 Å². The van der Waals surface area contributed by atoms with E-state index in [1.165, 1.54) is 0 Å². The van der Waals surface area contributed by atoms with Crippen LogP contribution in [0, 0.1) is 0 Å². The van der Waals surface area contributed by atoms with Crippen LogP contribution in [-0.4, -0.2) is 79.5 Å². The minimum absolute atomic E-state index is 0.146. The smallest absolute Gasteiger partial charge is 0.407 e. The van der Waals surface area contributed by atoms with Gasteiger partial charge in [0.15, 0.2) is 11.6 Å². The molecule has 0 saturated carbocycles. The first-order valence-corrected chi connectivity index (χ1v) is 10.1. The largest absolute Gasteiger partial charge is 0.465 e. The van der Waals surface area contributed by atoms with Gasteiger partial charge >= 0.3 is 6.09 Å². The molecular weight excluding hydrogens is 420 g/mol. The first-order valence-electron chi connectivity index (χ1n) is 10.1. The lowest BCUT2D eigenvalue weighted by atomic mass is 10.0. The van der Waals surface area contributed by atoms with Gasteiger partial charge in [-0.2, -0.15) is 5.21 Å². The van der Waals surface area contributed by atoms with Gasteiger partial charge in [-0.3, -0.25) is 19.3 Å². The van der Waals surface area contributed by atoms with Crippen molar-refractivity contribution in [2.24, 2.45) is 0 Å². The molecule has 2 aliphatic rings. The summed E-state index contributed by atoms with van der Waals surface area (Å²) in [7, 11) is 0. The molecule has 2 aliphatic heterocycles. The Balaban J connectivity index is 1.30. The summed E-state index contributed by atoms with van der Waals surface area (Å²) >= 11 is 0. The lowest BCUT2D eigenvalue weighted by Gasteiger charge is -2.20. The summed E-state index contributed by atoms with van der Waals surface area (Å²) in [4.78, 5) is 49.5. The second kappa shape index (κ2) is 8.99. The summed E-state index contributed by atoms with van der Waals surface area (Å²) in [6.07, 6.45) is 0.305. The molecule has 168 valence electrons. The van der Waals surface area contributed by atoms with Crippen LogP contribution in [0.4, 0.5) is 10.5 Å². The molecule has 1 fully saturated rings. The number of fused-ring (bicyclic) bond motifs is 1. The maximum absolute atomic E-state index is 12.6. The summed E-state index contributed by atoms with van der Waals surface area (Å²) in [6.45, 7) is 0.222. The van der Waals surface area contributed by atoms with Gasteiger partial charge in [-0.05, 0) is 36.6 Å². The first kappa shape index (κ1) is 21.2. The van der Waals surface area contributed by atoms with Crippen molar-refractivity contribution in [2.45, 2.75) is 37.9 Å². The van der Waals surface area contributed by atoms with Gasteiger partial charge in [0, 0.05) is 24.2 Å². The number of nitrogens with one attached hydrogen (secondary N) is 4. The number of likely N-dealkylation sites (tertiary alicyclic amines) is 1. The Bertz CT molecular complexity index is 1040. The van der Waals surface area contributed by atoms with Crippen LogP contribution in [0.2, 0.25) is 0 Å². The van der Waals surface area contributed by atoms with Gasteiger partial charge in [-0.1, -0.05) is 5.21 Å². The van der Waals surface area contributed by atoms with E-state index in [0.717, 1.165) is 16.2 Å². The van der Waals surface area contributed by atoms with Gasteiger partial charge < -0.3 is 21.1 Å². The number of amides is 3. The van der Waals surface area contributed by atoms with Crippen LogP contribution in [0.3, 0.4) is 0 Å². The zero-order valence-corrected chi connectivity index (χ0v) is 17.0. The molecule has 5 N–H and O–H groups in total. The van der Waals surface area contributed by atoms with E-state index in [1.807, 2.05) is 0 Å². The SMILES string of the molecule is O=C(CNC(=O)C1CCCN1C(=O)O)c1ccc2c(c1)CC(C(=O)NCc1nn[nH]n1)N2. The minimum Gasteiger partial charge on any atom is -0.465 e. The van der Waals surface area contributed by atoms with E-state index in [0.29, 0.717) is 37.2 Å². The maximum Gasteiger partial charge on any atom is 0.407 e. The Kier molecular flexibility index (Phi) is 5.96. The van der Waals surface area contributed by atoms with Crippen molar-refractivity contribution in [2.75, 3.05) is 18.4 Å². The van der Waals surface area contributed by atoms with Crippen LogP contribution in [-0.2, 0) is 22.6 Å². The molecule has 1 saturated heterocycles. The van der Waals surface area contributed by atoms with Crippen molar-refractivity contribution >= 4 is 29.4 Å². The number of aromatic nitrogens is 4. The average Bonchev–Trinajstić information content (AvgIpc) is 3.54. The van der Waals surface area contributed by atoms with Crippen LogP contribution < -0.4 is 16.0 Å². The van der Waals surface area contributed by atoms with E-state index in [-0.39, 0.29) is 24.8 Å². The van der Waals surface area contributed by atoms with Crippen LogP contribution in [0.1, 0.15) is 34.6 Å². The first-order chi connectivity index (χ1) is 15.4. The fraction of sp³-hybridized carbons (Fsp3) is 0.421. The predicted octanol–water partition coefficient (Wildman–Crippen LogP) is -0.706. The summed E-state index contributed by atoms with van der Waals surface area (Å²) in [5.41, 5.74) is 1.98. The number of hydrogen-bond acceptors (Lipinski definition) is 8. The summed E-state index contributed by atoms with van der Waals surface area (Å²) in [6, 6.07) is 3.78. The number of hydrogen-bond donors (Lipinski definition) is 5. The van der Waals surface area contributed by atoms with Crippen LogP contribution in [0.25, 0.3) is 0 Å². The van der Waals surface area contributed by atoms with Crippen molar-refractivity contribution in [3.8, 4) is 0 Å². The van der Waals surface area contributed by atoms with E-state index in [1.54, 1.807) is 18.2 Å². The number of Topliss-reactive ketones (excluding diaryl/α,β-unsaturated/α-hetero) is 1. The number of ketones is 1. The Morgan fingerprint density at radius 3 is 2.78 bits per heavy atom. The third kappa shape index (κ3) is 4.50. The quantitative estimate of drug-likeness (QED) is 0.346. The third-order valence-electron chi connectivity index (χ3n) is 5.53. The van der Waals surface area contributed by atoms with Gasteiger partial charge in [0.05, 0.1) is 13.1 Å². The molecule has 0 aliphatic carbocycles. The number of H-pyrrole nitrogens is 1. The van der Waals surface area contributed by atoms with Gasteiger partial charge in [0.1, 0.15) is 12.1 Å². The molecule has 1 aromatic heterocycles. The number of tetrazole rings is 1. The number of carboxylic acid groups (broad SMARTS) is 1. The number of carbonyl (C=O) groups is 4. The second-order valence-electron chi connectivity index (χ2n) is 7.59. The van der Waals surface area contributed by atoms with E-state index in [9.17, 15) is 19.2 Å². The lowest BCUT2D eigenvalue weighted by molar-refractivity contribution is -0.125. The highest BCUT2D eigenvalue weighted by atomic mass is 16.4. The molecule has 2 aromatic rings. The Labute approximate surface area is 181 Å². The fourth-order valence-corrected chi connectivity index (χ4v) is 3.90. The number of anilines is 1. The lowest BCUT2D eigenvalue weighted by Crippen LogP contribution is -2.46. The van der Waals surface area contributed by atoms with Crippen LogP contribution in [0.15, 0.2) is 18.2 Å². The molecule has 0 radical (unpaired) electrons. The maximum atomic E-state index is 12.6. The van der Waals surface area contributed by atoms with Crippen LogP contribution in [0.5, 0.6) is 0 Å². The number of aromatic amines is 1. The van der Waals surface area contributed by atoms with Gasteiger partial charge in [0.25, 0.3) is 0 Å². The number of nitrogens with zero attached hydrogens (tertiary/aromatic N) is 4. The van der Waals surface area contributed by atoms with E-state index in [4.69, 9.17) is 5.11 Å². The average molecular weight is 442 g/mol. The fourth-order valence-electron chi connectivity index (χ4n) is 3.90.